The van der Waals surface area contributed by atoms with Gasteiger partial charge in [0.2, 0.25) is 0 Å². The van der Waals surface area contributed by atoms with Gasteiger partial charge in [0, 0.05) is 18.4 Å². The van der Waals surface area contributed by atoms with Crippen LogP contribution in [0, 0.1) is 13.8 Å². The first-order chi connectivity index (χ1) is 9.58. The fourth-order valence-electron chi connectivity index (χ4n) is 2.08. The summed E-state index contributed by atoms with van der Waals surface area (Å²) in [5.74, 6) is -0.776. The minimum atomic E-state index is -0.818. The van der Waals surface area contributed by atoms with Gasteiger partial charge in [-0.3, -0.25) is 4.79 Å². The standard InChI is InChI=1S/C15H18N2O2S/c1-11-5-3-4-6-13(11)7-8-17-12(2)9-16-15(17)20-10-14(18)19/h3-6,9H,7-8,10H2,1-2H3,(H,18,19). The molecule has 0 amide bonds. The molecular formula is C15H18N2O2S. The van der Waals surface area contributed by atoms with E-state index in [1.807, 2.05) is 19.1 Å². The Morgan fingerprint density at radius 3 is 2.80 bits per heavy atom. The minimum absolute atomic E-state index is 0.0425. The minimum Gasteiger partial charge on any atom is -0.481 e. The Bertz CT molecular complexity index is 608. The maximum atomic E-state index is 10.7. The molecule has 1 N–H and O–H groups in total. The second kappa shape index (κ2) is 6.61. The average molecular weight is 290 g/mol. The normalized spacial score (nSPS) is 10.7. The molecule has 2 rings (SSSR count). The second-order valence-corrected chi connectivity index (χ2v) is 5.64. The van der Waals surface area contributed by atoms with Crippen LogP contribution in [0.1, 0.15) is 16.8 Å². The maximum absolute atomic E-state index is 10.7. The maximum Gasteiger partial charge on any atom is 0.313 e. The highest BCUT2D eigenvalue weighted by Gasteiger charge is 2.10. The van der Waals surface area contributed by atoms with Crippen LogP contribution in [0.4, 0.5) is 0 Å². The van der Waals surface area contributed by atoms with Crippen LogP contribution in [-0.2, 0) is 17.8 Å². The summed E-state index contributed by atoms with van der Waals surface area (Å²) in [5, 5.41) is 9.54. The predicted molar refractivity (Wildman–Crippen MR) is 80.2 cm³/mol. The van der Waals surface area contributed by atoms with E-state index < -0.39 is 5.97 Å². The highest BCUT2D eigenvalue weighted by molar-refractivity contribution is 7.99. The zero-order valence-electron chi connectivity index (χ0n) is 11.7. The van der Waals surface area contributed by atoms with Gasteiger partial charge in [0.05, 0.1) is 5.75 Å². The van der Waals surface area contributed by atoms with Gasteiger partial charge in [0.1, 0.15) is 0 Å². The number of nitrogens with zero attached hydrogens (tertiary/aromatic N) is 2. The van der Waals surface area contributed by atoms with Crippen LogP contribution in [0.2, 0.25) is 0 Å². The third-order valence-corrected chi connectivity index (χ3v) is 4.18. The van der Waals surface area contributed by atoms with Crippen LogP contribution in [0.5, 0.6) is 0 Å². The molecule has 0 aliphatic rings. The molecule has 0 aliphatic heterocycles. The van der Waals surface area contributed by atoms with Gasteiger partial charge in [-0.15, -0.1) is 0 Å². The zero-order valence-corrected chi connectivity index (χ0v) is 12.5. The van der Waals surface area contributed by atoms with Gasteiger partial charge in [0.25, 0.3) is 0 Å². The molecule has 0 unspecified atom stereocenters. The number of rotatable bonds is 6. The SMILES string of the molecule is Cc1ccccc1CCn1c(C)cnc1SCC(=O)O. The summed E-state index contributed by atoms with van der Waals surface area (Å²) in [5.41, 5.74) is 3.66. The summed E-state index contributed by atoms with van der Waals surface area (Å²) in [6, 6.07) is 8.32. The van der Waals surface area contributed by atoms with E-state index in [2.05, 4.69) is 28.6 Å². The predicted octanol–water partition coefficient (Wildman–Crippen LogP) is 2.92. The van der Waals surface area contributed by atoms with Gasteiger partial charge in [0.15, 0.2) is 5.16 Å². The van der Waals surface area contributed by atoms with E-state index in [4.69, 9.17) is 5.11 Å². The summed E-state index contributed by atoms with van der Waals surface area (Å²) < 4.78 is 2.08. The first-order valence-electron chi connectivity index (χ1n) is 6.49. The lowest BCUT2D eigenvalue weighted by molar-refractivity contribution is -0.133. The van der Waals surface area contributed by atoms with Crippen LogP contribution >= 0.6 is 11.8 Å². The van der Waals surface area contributed by atoms with Gasteiger partial charge in [-0.2, -0.15) is 0 Å². The number of carboxylic acid groups (broad SMARTS) is 1. The summed E-state index contributed by atoms with van der Waals surface area (Å²) in [7, 11) is 0. The number of carbonyl (C=O) groups is 1. The van der Waals surface area contributed by atoms with E-state index in [9.17, 15) is 4.79 Å². The second-order valence-electron chi connectivity index (χ2n) is 4.69. The Morgan fingerprint density at radius 1 is 1.35 bits per heavy atom. The Kier molecular flexibility index (Phi) is 4.84. The van der Waals surface area contributed by atoms with Crippen molar-refractivity contribution in [3.63, 3.8) is 0 Å². The smallest absolute Gasteiger partial charge is 0.313 e. The zero-order chi connectivity index (χ0) is 14.5. The highest BCUT2D eigenvalue weighted by atomic mass is 32.2. The van der Waals surface area contributed by atoms with Crippen LogP contribution in [-0.4, -0.2) is 26.4 Å². The van der Waals surface area contributed by atoms with Crippen molar-refractivity contribution in [3.05, 3.63) is 47.3 Å². The third-order valence-electron chi connectivity index (χ3n) is 3.21. The molecule has 1 heterocycles. The molecule has 4 nitrogen and oxygen atoms in total. The van der Waals surface area contributed by atoms with Gasteiger partial charge in [-0.25, -0.2) is 4.98 Å². The van der Waals surface area contributed by atoms with Crippen molar-refractivity contribution in [1.29, 1.82) is 0 Å². The monoisotopic (exact) mass is 290 g/mol. The molecule has 0 saturated carbocycles. The van der Waals surface area contributed by atoms with Crippen LogP contribution in [0.15, 0.2) is 35.6 Å². The number of carboxylic acids is 1. The topological polar surface area (TPSA) is 55.1 Å². The molecule has 2 aromatic rings. The van der Waals surface area contributed by atoms with E-state index in [1.165, 1.54) is 22.9 Å². The van der Waals surface area contributed by atoms with E-state index in [0.717, 1.165) is 23.8 Å². The van der Waals surface area contributed by atoms with Gasteiger partial charge in [-0.1, -0.05) is 36.0 Å². The van der Waals surface area contributed by atoms with Gasteiger partial charge < -0.3 is 9.67 Å². The molecule has 5 heteroatoms. The number of aliphatic carboxylic acids is 1. The number of thioether (sulfide) groups is 1. The number of imidazole rings is 1. The van der Waals surface area contributed by atoms with Crippen molar-refractivity contribution in [2.24, 2.45) is 0 Å². The van der Waals surface area contributed by atoms with Crippen molar-refractivity contribution in [2.75, 3.05) is 5.75 Å². The van der Waals surface area contributed by atoms with E-state index >= 15 is 0 Å². The molecule has 0 aliphatic carbocycles. The van der Waals surface area contributed by atoms with Crippen LogP contribution < -0.4 is 0 Å². The number of hydrogen-bond acceptors (Lipinski definition) is 3. The average Bonchev–Trinajstić information content (AvgIpc) is 2.76. The molecule has 0 spiro atoms. The third kappa shape index (κ3) is 3.63. The molecule has 0 saturated heterocycles. The first-order valence-corrected chi connectivity index (χ1v) is 7.47. The van der Waals surface area contributed by atoms with Crippen molar-refractivity contribution in [1.82, 2.24) is 9.55 Å². The van der Waals surface area contributed by atoms with Crippen molar-refractivity contribution in [3.8, 4) is 0 Å². The van der Waals surface area contributed by atoms with E-state index in [-0.39, 0.29) is 5.75 Å². The van der Waals surface area contributed by atoms with Crippen molar-refractivity contribution in [2.45, 2.75) is 32.0 Å². The molecule has 20 heavy (non-hydrogen) atoms. The number of hydrogen-bond donors (Lipinski definition) is 1. The lowest BCUT2D eigenvalue weighted by Gasteiger charge is -2.10. The van der Waals surface area contributed by atoms with Gasteiger partial charge in [-0.05, 0) is 31.4 Å². The largest absolute Gasteiger partial charge is 0.481 e. The fourth-order valence-corrected chi connectivity index (χ4v) is 2.85. The number of aryl methyl sites for hydroxylation is 3. The molecule has 106 valence electrons. The van der Waals surface area contributed by atoms with Crippen molar-refractivity contribution >= 4 is 17.7 Å². The Balaban J connectivity index is 2.07. The number of benzene rings is 1. The fraction of sp³-hybridized carbons (Fsp3) is 0.333. The lowest BCUT2D eigenvalue weighted by Crippen LogP contribution is -2.07. The Morgan fingerprint density at radius 2 is 2.10 bits per heavy atom. The molecule has 1 aromatic carbocycles. The summed E-state index contributed by atoms with van der Waals surface area (Å²) in [6.07, 6.45) is 2.71. The van der Waals surface area contributed by atoms with E-state index in [1.54, 1.807) is 6.20 Å². The van der Waals surface area contributed by atoms with Crippen LogP contribution in [0.3, 0.4) is 0 Å². The Hall–Kier alpha value is -1.75. The molecule has 0 bridgehead atoms. The highest BCUT2D eigenvalue weighted by Crippen LogP contribution is 2.19. The quantitative estimate of drug-likeness (QED) is 0.831. The molecule has 0 atom stereocenters. The Labute approximate surface area is 122 Å². The van der Waals surface area contributed by atoms with E-state index in [0.29, 0.717) is 0 Å². The molecular weight excluding hydrogens is 272 g/mol. The molecule has 0 fully saturated rings. The van der Waals surface area contributed by atoms with Gasteiger partial charge >= 0.3 is 5.97 Å². The van der Waals surface area contributed by atoms with Crippen molar-refractivity contribution < 1.29 is 9.90 Å². The molecule has 0 radical (unpaired) electrons. The lowest BCUT2D eigenvalue weighted by atomic mass is 10.1. The first kappa shape index (κ1) is 14.7. The summed E-state index contributed by atoms with van der Waals surface area (Å²) in [6.45, 7) is 4.92. The van der Waals surface area contributed by atoms with Crippen LogP contribution in [0.25, 0.3) is 0 Å². The summed E-state index contributed by atoms with van der Waals surface area (Å²) in [4.78, 5) is 14.9. The number of aromatic nitrogens is 2. The summed E-state index contributed by atoms with van der Waals surface area (Å²) >= 11 is 1.27. The molecule has 1 aromatic heterocycles.